The van der Waals surface area contributed by atoms with Crippen LogP contribution in [0, 0.1) is 0 Å². The highest BCUT2D eigenvalue weighted by molar-refractivity contribution is 5.97. The fourth-order valence-corrected chi connectivity index (χ4v) is 3.64. The zero-order chi connectivity index (χ0) is 20.2. The van der Waals surface area contributed by atoms with Gasteiger partial charge >= 0.3 is 0 Å². The first-order chi connectivity index (χ1) is 14.1. The Morgan fingerprint density at radius 2 is 2.00 bits per heavy atom. The summed E-state index contributed by atoms with van der Waals surface area (Å²) in [6.45, 7) is 0. The first kappa shape index (κ1) is 18.9. The van der Waals surface area contributed by atoms with E-state index in [1.807, 2.05) is 30.3 Å². The molecule has 1 fully saturated rings. The maximum atomic E-state index is 11.9. The first-order valence-electron chi connectivity index (χ1n) is 9.69. The van der Waals surface area contributed by atoms with Crippen molar-refractivity contribution in [1.29, 1.82) is 0 Å². The number of primary amides is 1. The maximum Gasteiger partial charge on any atom is 0.269 e. The fraction of sp³-hybridized carbons (Fsp3) is 0.286. The van der Waals surface area contributed by atoms with Crippen LogP contribution in [0.1, 0.15) is 36.2 Å². The lowest BCUT2D eigenvalue weighted by molar-refractivity contribution is 0.0996. The predicted molar refractivity (Wildman–Crippen MR) is 112 cm³/mol. The van der Waals surface area contributed by atoms with E-state index < -0.39 is 5.91 Å². The zero-order valence-electron chi connectivity index (χ0n) is 16.0. The number of benzene rings is 1. The molecular weight excluding hydrogens is 368 g/mol. The molecule has 4 rings (SSSR count). The molecule has 1 aliphatic rings. The summed E-state index contributed by atoms with van der Waals surface area (Å²) in [5.74, 6) is -0.0825. The fourth-order valence-electron chi connectivity index (χ4n) is 3.64. The average molecular weight is 392 g/mol. The standard InChI is InChI=1S/C21H24N6O2/c22-16-6-1-2-7-17(16)27-15-11-18(19(20(23)28)25-12-15)26-14-5-3-4-13(10-14)21-24-8-9-29-21/h3-5,8-12,16-17,26-27H,1-2,6-7,22H2,(H2,23,28)/t16-,17+/m0/s1. The summed E-state index contributed by atoms with van der Waals surface area (Å²) in [5, 5.41) is 6.69. The van der Waals surface area contributed by atoms with Gasteiger partial charge in [-0.15, -0.1) is 0 Å². The van der Waals surface area contributed by atoms with Gasteiger partial charge in [-0.3, -0.25) is 4.79 Å². The third-order valence-electron chi connectivity index (χ3n) is 5.11. The summed E-state index contributed by atoms with van der Waals surface area (Å²) < 4.78 is 5.35. The van der Waals surface area contributed by atoms with Crippen molar-refractivity contribution in [2.75, 3.05) is 10.6 Å². The number of nitrogens with two attached hydrogens (primary N) is 2. The molecule has 0 radical (unpaired) electrons. The minimum absolute atomic E-state index is 0.105. The second-order valence-electron chi connectivity index (χ2n) is 7.23. The van der Waals surface area contributed by atoms with E-state index in [0.29, 0.717) is 11.6 Å². The summed E-state index contributed by atoms with van der Waals surface area (Å²) in [5.41, 5.74) is 14.8. The van der Waals surface area contributed by atoms with Gasteiger partial charge in [0.05, 0.1) is 23.8 Å². The molecule has 1 amide bonds. The Labute approximate surface area is 168 Å². The lowest BCUT2D eigenvalue weighted by Crippen LogP contribution is -2.42. The monoisotopic (exact) mass is 392 g/mol. The highest BCUT2D eigenvalue weighted by atomic mass is 16.3. The van der Waals surface area contributed by atoms with Crippen LogP contribution in [0.15, 0.2) is 53.4 Å². The van der Waals surface area contributed by atoms with Crippen molar-refractivity contribution in [2.24, 2.45) is 11.5 Å². The number of nitrogens with one attached hydrogen (secondary N) is 2. The molecule has 29 heavy (non-hydrogen) atoms. The number of anilines is 3. The number of carbonyl (C=O) groups is 1. The van der Waals surface area contributed by atoms with E-state index in [1.165, 1.54) is 6.26 Å². The Balaban J connectivity index is 1.60. The van der Waals surface area contributed by atoms with Crippen molar-refractivity contribution in [3.63, 3.8) is 0 Å². The second-order valence-corrected chi connectivity index (χ2v) is 7.23. The lowest BCUT2D eigenvalue weighted by Gasteiger charge is -2.30. The van der Waals surface area contributed by atoms with Crippen LogP contribution in [-0.2, 0) is 0 Å². The Bertz CT molecular complexity index is 989. The number of nitrogens with zero attached hydrogens (tertiary/aromatic N) is 2. The van der Waals surface area contributed by atoms with Crippen molar-refractivity contribution >= 4 is 23.0 Å². The minimum Gasteiger partial charge on any atom is -0.445 e. The molecule has 8 nitrogen and oxygen atoms in total. The Kier molecular flexibility index (Phi) is 5.44. The molecule has 2 aromatic heterocycles. The highest BCUT2D eigenvalue weighted by Crippen LogP contribution is 2.28. The van der Waals surface area contributed by atoms with E-state index in [0.717, 1.165) is 42.6 Å². The van der Waals surface area contributed by atoms with Gasteiger partial charge in [-0.25, -0.2) is 9.97 Å². The molecule has 0 unspecified atom stereocenters. The normalized spacial score (nSPS) is 18.9. The van der Waals surface area contributed by atoms with Gasteiger partial charge in [-0.05, 0) is 37.1 Å². The number of hydrogen-bond acceptors (Lipinski definition) is 7. The number of hydrogen-bond donors (Lipinski definition) is 4. The zero-order valence-corrected chi connectivity index (χ0v) is 16.0. The molecule has 1 saturated carbocycles. The average Bonchev–Trinajstić information content (AvgIpc) is 3.25. The summed E-state index contributed by atoms with van der Waals surface area (Å²) in [6, 6.07) is 9.67. The van der Waals surface area contributed by atoms with Crippen molar-refractivity contribution in [3.05, 3.63) is 54.7 Å². The number of carbonyl (C=O) groups excluding carboxylic acids is 1. The largest absolute Gasteiger partial charge is 0.445 e. The Hall–Kier alpha value is -3.39. The SMILES string of the molecule is NC(=O)c1ncc(N[C@@H]2CCCC[C@@H]2N)cc1Nc1cccc(-c2ncco2)c1. The van der Waals surface area contributed by atoms with E-state index >= 15 is 0 Å². The van der Waals surface area contributed by atoms with Crippen LogP contribution in [0.4, 0.5) is 17.1 Å². The number of aromatic nitrogens is 2. The number of pyridine rings is 1. The Morgan fingerprint density at radius 3 is 2.76 bits per heavy atom. The topological polar surface area (TPSA) is 132 Å². The molecule has 1 aliphatic carbocycles. The van der Waals surface area contributed by atoms with Gasteiger partial charge in [-0.1, -0.05) is 18.9 Å². The maximum absolute atomic E-state index is 11.9. The van der Waals surface area contributed by atoms with Gasteiger partial charge in [0.25, 0.3) is 5.91 Å². The van der Waals surface area contributed by atoms with E-state index in [1.54, 1.807) is 12.4 Å². The van der Waals surface area contributed by atoms with Crippen molar-refractivity contribution in [2.45, 2.75) is 37.8 Å². The quantitative estimate of drug-likeness (QED) is 0.506. The van der Waals surface area contributed by atoms with E-state index in [9.17, 15) is 4.79 Å². The van der Waals surface area contributed by atoms with Gasteiger partial charge < -0.3 is 26.5 Å². The number of rotatable bonds is 6. The summed E-state index contributed by atoms with van der Waals surface area (Å²) in [7, 11) is 0. The van der Waals surface area contributed by atoms with Crippen LogP contribution in [0.2, 0.25) is 0 Å². The van der Waals surface area contributed by atoms with Gasteiger partial charge in [0.1, 0.15) is 6.26 Å². The smallest absolute Gasteiger partial charge is 0.269 e. The van der Waals surface area contributed by atoms with Gasteiger partial charge in [-0.2, -0.15) is 0 Å². The third kappa shape index (κ3) is 4.38. The second kappa shape index (κ2) is 8.32. The molecule has 2 heterocycles. The third-order valence-corrected chi connectivity index (χ3v) is 5.11. The van der Waals surface area contributed by atoms with Crippen molar-refractivity contribution in [3.8, 4) is 11.5 Å². The molecular formula is C21H24N6O2. The molecule has 0 aliphatic heterocycles. The van der Waals surface area contributed by atoms with E-state index in [-0.39, 0.29) is 17.8 Å². The van der Waals surface area contributed by atoms with Crippen molar-refractivity contribution < 1.29 is 9.21 Å². The van der Waals surface area contributed by atoms with Crippen LogP contribution < -0.4 is 22.1 Å². The molecule has 0 saturated heterocycles. The highest BCUT2D eigenvalue weighted by Gasteiger charge is 2.22. The van der Waals surface area contributed by atoms with Crippen LogP contribution >= 0.6 is 0 Å². The number of oxazole rings is 1. The molecule has 3 aromatic rings. The predicted octanol–water partition coefficient (Wildman–Crippen LogP) is 3.26. The van der Waals surface area contributed by atoms with Crippen LogP contribution in [0.5, 0.6) is 0 Å². The van der Waals surface area contributed by atoms with E-state index in [4.69, 9.17) is 15.9 Å². The molecule has 2 atom stereocenters. The van der Waals surface area contributed by atoms with Crippen LogP contribution in [-0.4, -0.2) is 28.0 Å². The Morgan fingerprint density at radius 1 is 1.14 bits per heavy atom. The van der Waals surface area contributed by atoms with Crippen LogP contribution in [0.25, 0.3) is 11.5 Å². The van der Waals surface area contributed by atoms with E-state index in [2.05, 4.69) is 20.6 Å². The van der Waals surface area contributed by atoms with Crippen LogP contribution in [0.3, 0.4) is 0 Å². The van der Waals surface area contributed by atoms with Crippen molar-refractivity contribution in [1.82, 2.24) is 9.97 Å². The molecule has 1 aromatic carbocycles. The lowest BCUT2D eigenvalue weighted by atomic mass is 9.91. The molecule has 150 valence electrons. The minimum atomic E-state index is -0.600. The molecule has 0 bridgehead atoms. The first-order valence-corrected chi connectivity index (χ1v) is 9.69. The molecule has 8 heteroatoms. The van der Waals surface area contributed by atoms with Gasteiger partial charge in [0.2, 0.25) is 5.89 Å². The summed E-state index contributed by atoms with van der Waals surface area (Å²) in [4.78, 5) is 20.3. The summed E-state index contributed by atoms with van der Waals surface area (Å²) >= 11 is 0. The number of amides is 1. The summed E-state index contributed by atoms with van der Waals surface area (Å²) in [6.07, 6.45) is 9.06. The molecule has 6 N–H and O–H groups in total. The molecule has 0 spiro atoms. The van der Waals surface area contributed by atoms with Gasteiger partial charge in [0.15, 0.2) is 5.69 Å². The van der Waals surface area contributed by atoms with Gasteiger partial charge in [0, 0.05) is 23.3 Å².